The van der Waals surface area contributed by atoms with Crippen LogP contribution in [0.25, 0.3) is 0 Å². The molecule has 0 aromatic heterocycles. The highest BCUT2D eigenvalue weighted by Crippen LogP contribution is 2.21. The second-order valence-corrected chi connectivity index (χ2v) is 5.06. The first kappa shape index (κ1) is 14.9. The van der Waals surface area contributed by atoms with Crippen LogP contribution in [0.3, 0.4) is 0 Å². The number of aryl methyl sites for hydroxylation is 2. The summed E-state index contributed by atoms with van der Waals surface area (Å²) in [7, 11) is 0. The van der Waals surface area contributed by atoms with E-state index in [-0.39, 0.29) is 11.7 Å². The Morgan fingerprint density at radius 3 is 2.43 bits per heavy atom. The summed E-state index contributed by atoms with van der Waals surface area (Å²) in [6.45, 7) is 5.47. The number of hydrogen-bond acceptors (Lipinski definition) is 3. The first-order valence-electron chi connectivity index (χ1n) is 6.79. The molecule has 2 N–H and O–H groups in total. The number of hydrogen-bond donors (Lipinski definition) is 2. The summed E-state index contributed by atoms with van der Waals surface area (Å²) in [6, 6.07) is 12.5. The highest BCUT2D eigenvalue weighted by atomic mass is 16.5. The smallest absolute Gasteiger partial charge is 0.265 e. The molecule has 0 bridgehead atoms. The van der Waals surface area contributed by atoms with Gasteiger partial charge in [0.25, 0.3) is 5.91 Å². The van der Waals surface area contributed by atoms with Gasteiger partial charge in [-0.15, -0.1) is 0 Å². The number of ether oxygens (including phenoxy) is 1. The van der Waals surface area contributed by atoms with E-state index in [0.717, 1.165) is 11.1 Å². The van der Waals surface area contributed by atoms with Gasteiger partial charge in [-0.25, -0.2) is 0 Å². The Morgan fingerprint density at radius 2 is 1.81 bits per heavy atom. The summed E-state index contributed by atoms with van der Waals surface area (Å²) in [5.74, 6) is 0.536. The molecule has 0 aliphatic heterocycles. The average Bonchev–Trinajstić information content (AvgIpc) is 2.45. The molecule has 2 aromatic carbocycles. The highest BCUT2D eigenvalue weighted by molar-refractivity contribution is 5.94. The summed E-state index contributed by atoms with van der Waals surface area (Å²) in [4.78, 5) is 12.1. The van der Waals surface area contributed by atoms with Gasteiger partial charge < -0.3 is 15.2 Å². The van der Waals surface area contributed by atoms with E-state index in [2.05, 4.69) is 5.32 Å². The van der Waals surface area contributed by atoms with E-state index in [9.17, 15) is 9.90 Å². The molecular weight excluding hydrogens is 266 g/mol. The van der Waals surface area contributed by atoms with Crippen LogP contribution in [0.5, 0.6) is 11.5 Å². The van der Waals surface area contributed by atoms with Crippen molar-refractivity contribution in [2.75, 3.05) is 5.32 Å². The van der Waals surface area contributed by atoms with Crippen molar-refractivity contribution in [3.8, 4) is 11.5 Å². The maximum atomic E-state index is 12.1. The van der Waals surface area contributed by atoms with E-state index in [4.69, 9.17) is 4.74 Å². The third-order valence-corrected chi connectivity index (χ3v) is 3.18. The summed E-state index contributed by atoms with van der Waals surface area (Å²) in [6.07, 6.45) is -0.629. The Bertz CT molecular complexity index is 635. The van der Waals surface area contributed by atoms with Crippen LogP contribution in [-0.2, 0) is 4.79 Å². The predicted octanol–water partition coefficient (Wildman–Crippen LogP) is 3.42. The largest absolute Gasteiger partial charge is 0.508 e. The Labute approximate surface area is 124 Å². The number of phenolic OH excluding ortho intramolecular Hbond substituents is 1. The number of aromatic hydroxyl groups is 1. The topological polar surface area (TPSA) is 58.6 Å². The second-order valence-electron chi connectivity index (χ2n) is 5.06. The minimum Gasteiger partial charge on any atom is -0.508 e. The number of nitrogens with one attached hydrogen (secondary N) is 1. The molecule has 21 heavy (non-hydrogen) atoms. The van der Waals surface area contributed by atoms with Gasteiger partial charge in [0.15, 0.2) is 6.10 Å². The molecule has 110 valence electrons. The Morgan fingerprint density at radius 1 is 1.14 bits per heavy atom. The van der Waals surface area contributed by atoms with Crippen molar-refractivity contribution in [1.29, 1.82) is 0 Å². The van der Waals surface area contributed by atoms with Crippen LogP contribution in [0, 0.1) is 13.8 Å². The van der Waals surface area contributed by atoms with Gasteiger partial charge in [0, 0.05) is 11.8 Å². The Kier molecular flexibility index (Phi) is 4.48. The first-order valence-corrected chi connectivity index (χ1v) is 6.79. The van der Waals surface area contributed by atoms with Crippen LogP contribution in [0.2, 0.25) is 0 Å². The fourth-order valence-electron chi connectivity index (χ4n) is 1.81. The van der Waals surface area contributed by atoms with Crippen LogP contribution in [0.4, 0.5) is 5.69 Å². The summed E-state index contributed by atoms with van der Waals surface area (Å²) < 4.78 is 5.58. The normalized spacial score (nSPS) is 11.8. The van der Waals surface area contributed by atoms with E-state index in [1.165, 1.54) is 6.07 Å². The molecule has 0 aliphatic carbocycles. The second kappa shape index (κ2) is 6.31. The van der Waals surface area contributed by atoms with Crippen molar-refractivity contribution >= 4 is 11.6 Å². The highest BCUT2D eigenvalue weighted by Gasteiger charge is 2.15. The lowest BCUT2D eigenvalue weighted by Crippen LogP contribution is -2.30. The van der Waals surface area contributed by atoms with E-state index >= 15 is 0 Å². The molecule has 0 fully saturated rings. The zero-order valence-corrected chi connectivity index (χ0v) is 12.4. The summed E-state index contributed by atoms with van der Waals surface area (Å²) in [5.41, 5.74) is 2.44. The zero-order chi connectivity index (χ0) is 15.4. The van der Waals surface area contributed by atoms with Crippen molar-refractivity contribution in [3.05, 3.63) is 53.6 Å². The Balaban J connectivity index is 1.98. The van der Waals surface area contributed by atoms with Gasteiger partial charge in [-0.05, 0) is 44.5 Å². The zero-order valence-electron chi connectivity index (χ0n) is 12.4. The van der Waals surface area contributed by atoms with Gasteiger partial charge in [-0.1, -0.05) is 23.8 Å². The van der Waals surface area contributed by atoms with Crippen molar-refractivity contribution in [2.24, 2.45) is 0 Å². The maximum Gasteiger partial charge on any atom is 0.265 e. The molecule has 0 saturated heterocycles. The lowest BCUT2D eigenvalue weighted by Gasteiger charge is -2.15. The quantitative estimate of drug-likeness (QED) is 0.905. The number of phenols is 1. The molecule has 1 amide bonds. The molecule has 0 saturated carbocycles. The van der Waals surface area contributed by atoms with E-state index in [0.29, 0.717) is 11.4 Å². The Hall–Kier alpha value is -2.49. The monoisotopic (exact) mass is 285 g/mol. The molecule has 4 heteroatoms. The average molecular weight is 285 g/mol. The SMILES string of the molecule is Cc1ccc(OC(C)C(=O)Nc2ccc(C)c(O)c2)cc1. The van der Waals surface area contributed by atoms with Gasteiger partial charge in [-0.2, -0.15) is 0 Å². The van der Waals surface area contributed by atoms with Crippen molar-refractivity contribution < 1.29 is 14.6 Å². The maximum absolute atomic E-state index is 12.1. The number of benzene rings is 2. The molecule has 0 radical (unpaired) electrons. The van der Waals surface area contributed by atoms with Crippen LogP contribution >= 0.6 is 0 Å². The van der Waals surface area contributed by atoms with Crippen LogP contribution < -0.4 is 10.1 Å². The number of carbonyl (C=O) groups is 1. The number of anilines is 1. The van der Waals surface area contributed by atoms with Gasteiger partial charge >= 0.3 is 0 Å². The van der Waals surface area contributed by atoms with Crippen LogP contribution in [-0.4, -0.2) is 17.1 Å². The van der Waals surface area contributed by atoms with Gasteiger partial charge in [0.2, 0.25) is 0 Å². The molecule has 2 aromatic rings. The lowest BCUT2D eigenvalue weighted by molar-refractivity contribution is -0.122. The van der Waals surface area contributed by atoms with E-state index in [1.807, 2.05) is 31.2 Å². The molecule has 4 nitrogen and oxygen atoms in total. The van der Waals surface area contributed by atoms with Gasteiger partial charge in [0.05, 0.1) is 0 Å². The summed E-state index contributed by atoms with van der Waals surface area (Å²) in [5, 5.41) is 12.3. The third-order valence-electron chi connectivity index (χ3n) is 3.18. The van der Waals surface area contributed by atoms with Crippen LogP contribution in [0.15, 0.2) is 42.5 Å². The fourth-order valence-corrected chi connectivity index (χ4v) is 1.81. The first-order chi connectivity index (χ1) is 9.95. The van der Waals surface area contributed by atoms with E-state index < -0.39 is 6.10 Å². The molecule has 2 rings (SSSR count). The van der Waals surface area contributed by atoms with Crippen LogP contribution in [0.1, 0.15) is 18.1 Å². The summed E-state index contributed by atoms with van der Waals surface area (Å²) >= 11 is 0. The van der Waals surface area contributed by atoms with E-state index in [1.54, 1.807) is 26.0 Å². The minimum absolute atomic E-state index is 0.153. The molecule has 1 unspecified atom stereocenters. The van der Waals surface area contributed by atoms with Crippen molar-refractivity contribution in [1.82, 2.24) is 0 Å². The fraction of sp³-hybridized carbons (Fsp3) is 0.235. The molecule has 0 spiro atoms. The standard InChI is InChI=1S/C17H19NO3/c1-11-4-8-15(9-5-11)21-13(3)17(20)18-14-7-6-12(2)16(19)10-14/h4-10,13,19H,1-3H3,(H,18,20). The molecule has 0 heterocycles. The van der Waals surface area contributed by atoms with Crippen molar-refractivity contribution in [3.63, 3.8) is 0 Å². The third kappa shape index (κ3) is 3.99. The lowest BCUT2D eigenvalue weighted by atomic mass is 10.2. The number of amides is 1. The molecule has 0 aliphatic rings. The number of rotatable bonds is 4. The van der Waals surface area contributed by atoms with Gasteiger partial charge in [-0.3, -0.25) is 4.79 Å². The van der Waals surface area contributed by atoms with Gasteiger partial charge in [0.1, 0.15) is 11.5 Å². The molecular formula is C17H19NO3. The van der Waals surface area contributed by atoms with Crippen molar-refractivity contribution in [2.45, 2.75) is 26.9 Å². The molecule has 1 atom stereocenters. The predicted molar refractivity (Wildman–Crippen MR) is 82.7 cm³/mol. The minimum atomic E-state index is -0.629. The number of carbonyl (C=O) groups excluding carboxylic acids is 1.